The van der Waals surface area contributed by atoms with E-state index in [2.05, 4.69) is 44.7 Å². The fourth-order valence-electron chi connectivity index (χ4n) is 4.86. The quantitative estimate of drug-likeness (QED) is 0.471. The highest BCUT2D eigenvalue weighted by Crippen LogP contribution is 2.39. The number of nitrogens with zero attached hydrogens (tertiary/aromatic N) is 3. The summed E-state index contributed by atoms with van der Waals surface area (Å²) < 4.78 is 13.8. The molecule has 0 aliphatic heterocycles. The van der Waals surface area contributed by atoms with Crippen molar-refractivity contribution < 1.29 is 4.39 Å². The molecule has 0 fully saturated rings. The Morgan fingerprint density at radius 3 is 2.83 bits per heavy atom. The lowest BCUT2D eigenvalue weighted by Gasteiger charge is -2.20. The number of nitrogens with two attached hydrogens (primary N) is 1. The van der Waals surface area contributed by atoms with E-state index in [0.29, 0.717) is 17.4 Å². The van der Waals surface area contributed by atoms with Crippen LogP contribution in [0.3, 0.4) is 0 Å². The number of halogens is 1. The molecule has 30 heavy (non-hydrogen) atoms. The van der Waals surface area contributed by atoms with E-state index in [-0.39, 0.29) is 11.7 Å². The van der Waals surface area contributed by atoms with E-state index in [9.17, 15) is 4.39 Å². The van der Waals surface area contributed by atoms with Crippen LogP contribution in [-0.2, 0) is 6.42 Å². The van der Waals surface area contributed by atoms with Gasteiger partial charge in [0.25, 0.3) is 0 Å². The van der Waals surface area contributed by atoms with Crippen LogP contribution < -0.4 is 5.73 Å². The van der Waals surface area contributed by atoms with Gasteiger partial charge in [-0.05, 0) is 72.1 Å². The van der Waals surface area contributed by atoms with E-state index < -0.39 is 0 Å². The maximum Gasteiger partial charge on any atom is 0.203 e. The minimum Gasteiger partial charge on any atom is -0.384 e. The van der Waals surface area contributed by atoms with Crippen LogP contribution >= 0.6 is 0 Å². The Balaban J connectivity index is 1.41. The van der Waals surface area contributed by atoms with Crippen molar-refractivity contribution >= 4 is 17.0 Å². The molecule has 0 saturated carbocycles. The minimum atomic E-state index is -0.136. The van der Waals surface area contributed by atoms with E-state index in [1.807, 2.05) is 18.2 Å². The molecule has 2 aromatic heterocycles. The maximum absolute atomic E-state index is 13.8. The zero-order valence-corrected chi connectivity index (χ0v) is 16.7. The van der Waals surface area contributed by atoms with Crippen LogP contribution in [0.5, 0.6) is 0 Å². The van der Waals surface area contributed by atoms with Crippen molar-refractivity contribution in [3.05, 3.63) is 82.7 Å². The lowest BCUT2D eigenvalue weighted by Crippen LogP contribution is -2.06. The zero-order valence-electron chi connectivity index (χ0n) is 16.7. The molecule has 1 aliphatic carbocycles. The number of rotatable bonds is 6. The van der Waals surface area contributed by atoms with E-state index >= 15 is 0 Å². The molecule has 0 radical (unpaired) electrons. The van der Waals surface area contributed by atoms with Crippen molar-refractivity contribution in [3.63, 3.8) is 0 Å². The Morgan fingerprint density at radius 2 is 1.97 bits per heavy atom. The highest BCUT2D eigenvalue weighted by molar-refractivity contribution is 5.77. The molecule has 1 aliphatic rings. The summed E-state index contributed by atoms with van der Waals surface area (Å²) in [5.74, 6) is 0.898. The molecular weight excluding hydrogens is 377 g/mol. The minimum absolute atomic E-state index is 0.136. The van der Waals surface area contributed by atoms with Crippen molar-refractivity contribution in [3.8, 4) is 0 Å². The zero-order chi connectivity index (χ0) is 20.5. The van der Waals surface area contributed by atoms with Crippen molar-refractivity contribution in [1.29, 1.82) is 0 Å². The van der Waals surface area contributed by atoms with Gasteiger partial charge in [-0.3, -0.25) is 0 Å². The summed E-state index contributed by atoms with van der Waals surface area (Å²) in [5, 5.41) is 11.1. The first-order valence-electron chi connectivity index (χ1n) is 10.5. The third-order valence-electron chi connectivity index (χ3n) is 6.27. The summed E-state index contributed by atoms with van der Waals surface area (Å²) >= 11 is 0. The van der Waals surface area contributed by atoms with E-state index in [0.717, 1.165) is 43.2 Å². The van der Waals surface area contributed by atoms with Gasteiger partial charge < -0.3 is 5.73 Å². The molecule has 6 heteroatoms. The summed E-state index contributed by atoms with van der Waals surface area (Å²) in [6, 6.07) is 17.6. The van der Waals surface area contributed by atoms with Crippen molar-refractivity contribution in [2.75, 3.05) is 5.73 Å². The molecule has 2 heterocycles. The highest BCUT2D eigenvalue weighted by Gasteiger charge is 2.24. The van der Waals surface area contributed by atoms with Gasteiger partial charge in [-0.25, -0.2) is 9.37 Å². The number of nitrogens with one attached hydrogen (secondary N) is 1. The number of aromatic amines is 1. The Labute approximate surface area is 174 Å². The number of pyridine rings is 1. The number of hydrogen-bond acceptors (Lipinski definition) is 4. The molecule has 5 nitrogen and oxygen atoms in total. The number of hydrogen-bond donors (Lipinski definition) is 2. The topological polar surface area (TPSA) is 80.5 Å². The second-order valence-corrected chi connectivity index (χ2v) is 8.11. The summed E-state index contributed by atoms with van der Waals surface area (Å²) in [4.78, 5) is 4.29. The van der Waals surface area contributed by atoms with Gasteiger partial charge in [-0.2, -0.15) is 10.3 Å². The molecular formula is C24H24FN5. The average Bonchev–Trinajstić information content (AvgIpc) is 3.38. The Hall–Kier alpha value is -3.28. The Bertz CT molecular complexity index is 1170. The monoisotopic (exact) mass is 401 g/mol. The molecule has 2 atom stereocenters. The molecule has 0 saturated heterocycles. The lowest BCUT2D eigenvalue weighted by molar-refractivity contribution is 0.544. The predicted molar refractivity (Wildman–Crippen MR) is 116 cm³/mol. The molecule has 3 N–H and O–H groups in total. The van der Waals surface area contributed by atoms with Crippen molar-refractivity contribution in [2.24, 2.45) is 0 Å². The second kappa shape index (κ2) is 7.86. The summed E-state index contributed by atoms with van der Waals surface area (Å²) in [6.07, 6.45) is 5.17. The van der Waals surface area contributed by atoms with Crippen LogP contribution in [-0.4, -0.2) is 20.4 Å². The number of nitrogen functional groups attached to an aromatic ring is 1. The number of fused-ring (bicyclic) bond motifs is 2. The van der Waals surface area contributed by atoms with Gasteiger partial charge in [-0.15, -0.1) is 5.10 Å². The standard InChI is InChI=1S/C24H24FN5/c25-18-12-11-17-10-9-16(20(17)13-18)7-4-8-19(15-5-2-1-3-6-15)21-14-22(26)27-24-23(21)28-30-29-24/h1-3,5-6,11-14,16,19H,4,7-10H2,(H3,26,27,28,29,30)/t16-,19?/m0/s1. The van der Waals surface area contributed by atoms with Gasteiger partial charge in [0.15, 0.2) is 0 Å². The van der Waals surface area contributed by atoms with E-state index in [4.69, 9.17) is 5.73 Å². The third-order valence-corrected chi connectivity index (χ3v) is 6.27. The van der Waals surface area contributed by atoms with Crippen molar-refractivity contribution in [1.82, 2.24) is 20.4 Å². The molecule has 1 unspecified atom stereocenters. The average molecular weight is 401 g/mol. The highest BCUT2D eigenvalue weighted by atomic mass is 19.1. The SMILES string of the molecule is Nc1cc(C(CCC[C@H]2CCc3ccc(F)cc32)c2ccccc2)c2n[nH]nc2n1. The van der Waals surface area contributed by atoms with Gasteiger partial charge >= 0.3 is 0 Å². The van der Waals surface area contributed by atoms with Crippen LogP contribution in [0, 0.1) is 5.82 Å². The van der Waals surface area contributed by atoms with Gasteiger partial charge in [0.2, 0.25) is 5.65 Å². The van der Waals surface area contributed by atoms with Crippen molar-refractivity contribution in [2.45, 2.75) is 43.9 Å². The molecule has 0 amide bonds. The van der Waals surface area contributed by atoms with E-state index in [1.165, 1.54) is 16.7 Å². The van der Waals surface area contributed by atoms with E-state index in [1.54, 1.807) is 12.1 Å². The van der Waals surface area contributed by atoms with Crippen LogP contribution in [0.25, 0.3) is 11.2 Å². The molecule has 2 aromatic carbocycles. The second-order valence-electron chi connectivity index (χ2n) is 8.11. The van der Waals surface area contributed by atoms with Crippen LogP contribution in [0.1, 0.15) is 59.8 Å². The van der Waals surface area contributed by atoms with Gasteiger partial charge in [0.1, 0.15) is 17.2 Å². The first kappa shape index (κ1) is 18.7. The molecule has 0 spiro atoms. The molecule has 4 aromatic rings. The number of aromatic nitrogens is 4. The largest absolute Gasteiger partial charge is 0.384 e. The Kier molecular flexibility index (Phi) is 4.91. The van der Waals surface area contributed by atoms with Gasteiger partial charge in [0.05, 0.1) is 0 Å². The Morgan fingerprint density at radius 1 is 1.10 bits per heavy atom. The predicted octanol–water partition coefficient (Wildman–Crippen LogP) is 5.11. The van der Waals surface area contributed by atoms with Gasteiger partial charge in [0, 0.05) is 5.92 Å². The molecule has 152 valence electrons. The number of aryl methyl sites for hydroxylation is 1. The number of benzene rings is 2. The summed E-state index contributed by atoms with van der Waals surface area (Å²) in [6.45, 7) is 0. The maximum atomic E-state index is 13.8. The fourth-order valence-corrected chi connectivity index (χ4v) is 4.86. The van der Waals surface area contributed by atoms with Crippen LogP contribution in [0.2, 0.25) is 0 Å². The first-order valence-corrected chi connectivity index (χ1v) is 10.5. The molecule has 0 bridgehead atoms. The van der Waals surface area contributed by atoms with Crippen LogP contribution in [0.4, 0.5) is 10.2 Å². The fraction of sp³-hybridized carbons (Fsp3) is 0.292. The molecule has 5 rings (SSSR count). The number of anilines is 1. The first-order chi connectivity index (χ1) is 14.7. The normalized spacial score (nSPS) is 16.6. The third kappa shape index (κ3) is 3.54. The van der Waals surface area contributed by atoms with Crippen LogP contribution in [0.15, 0.2) is 54.6 Å². The summed E-state index contributed by atoms with van der Waals surface area (Å²) in [7, 11) is 0. The van der Waals surface area contributed by atoms with Gasteiger partial charge in [-0.1, -0.05) is 42.8 Å². The lowest BCUT2D eigenvalue weighted by atomic mass is 9.85. The smallest absolute Gasteiger partial charge is 0.203 e. The summed E-state index contributed by atoms with van der Waals surface area (Å²) in [5.41, 5.74) is 12.2. The number of H-pyrrole nitrogens is 1.